The smallest absolute Gasteiger partial charge is 0.237 e. The van der Waals surface area contributed by atoms with Crippen LogP contribution in [0.2, 0.25) is 0 Å². The van der Waals surface area contributed by atoms with Gasteiger partial charge in [0.15, 0.2) is 0 Å². The van der Waals surface area contributed by atoms with Crippen molar-refractivity contribution in [3.63, 3.8) is 0 Å². The Morgan fingerprint density at radius 2 is 2.50 bits per heavy atom. The Balaban J connectivity index is 2.13. The summed E-state index contributed by atoms with van der Waals surface area (Å²) in [5, 5.41) is 3.10. The van der Waals surface area contributed by atoms with Gasteiger partial charge >= 0.3 is 0 Å². The van der Waals surface area contributed by atoms with Crippen molar-refractivity contribution in [2.45, 2.75) is 25.3 Å². The number of rotatable bonds is 2. The van der Waals surface area contributed by atoms with Gasteiger partial charge in [0.05, 0.1) is 18.7 Å². The van der Waals surface area contributed by atoms with Gasteiger partial charge < -0.3 is 15.0 Å². The van der Waals surface area contributed by atoms with Crippen LogP contribution in [0.3, 0.4) is 0 Å². The largest absolute Gasteiger partial charge is 0.379 e. The van der Waals surface area contributed by atoms with Crippen LogP contribution >= 0.6 is 0 Å². The normalized spacial score (nSPS) is 33.8. The van der Waals surface area contributed by atoms with Crippen molar-refractivity contribution in [2.75, 3.05) is 32.8 Å². The minimum atomic E-state index is -0.000810. The zero-order chi connectivity index (χ0) is 10.0. The van der Waals surface area contributed by atoms with Crippen LogP contribution in [0, 0.1) is 0 Å². The summed E-state index contributed by atoms with van der Waals surface area (Å²) in [7, 11) is 0. The molecule has 2 aliphatic heterocycles. The Morgan fingerprint density at radius 1 is 1.64 bits per heavy atom. The van der Waals surface area contributed by atoms with Crippen LogP contribution < -0.4 is 5.32 Å². The molecule has 1 unspecified atom stereocenters. The monoisotopic (exact) mass is 198 g/mol. The molecule has 2 heterocycles. The summed E-state index contributed by atoms with van der Waals surface area (Å²) in [6, 6.07) is 0. The zero-order valence-corrected chi connectivity index (χ0v) is 8.71. The van der Waals surface area contributed by atoms with Gasteiger partial charge in [-0.25, -0.2) is 0 Å². The highest BCUT2D eigenvalue weighted by atomic mass is 16.5. The summed E-state index contributed by atoms with van der Waals surface area (Å²) in [6.07, 6.45) is 1.99. The van der Waals surface area contributed by atoms with Gasteiger partial charge in [0.1, 0.15) is 0 Å². The molecule has 0 aliphatic carbocycles. The van der Waals surface area contributed by atoms with Crippen molar-refractivity contribution in [3.8, 4) is 0 Å². The third kappa shape index (κ3) is 1.53. The minimum absolute atomic E-state index is 0.000810. The number of hydrogen-bond acceptors (Lipinski definition) is 3. The molecule has 80 valence electrons. The summed E-state index contributed by atoms with van der Waals surface area (Å²) in [5.74, 6) is 0.226. The molecule has 0 spiro atoms. The number of piperazine rings is 1. The molecule has 2 rings (SSSR count). The first-order valence-corrected chi connectivity index (χ1v) is 5.37. The van der Waals surface area contributed by atoms with E-state index in [1.807, 2.05) is 4.90 Å². The SMILES string of the molecule is CCC1(N2CCNCC2=O)CCOC1. The Labute approximate surface area is 84.6 Å². The van der Waals surface area contributed by atoms with Crippen molar-refractivity contribution >= 4 is 5.91 Å². The number of carbonyl (C=O) groups excluding carboxylic acids is 1. The van der Waals surface area contributed by atoms with Crippen LogP contribution in [-0.2, 0) is 9.53 Å². The predicted octanol–water partition coefficient (Wildman–Crippen LogP) is -0.0127. The van der Waals surface area contributed by atoms with E-state index in [0.717, 1.165) is 39.1 Å². The van der Waals surface area contributed by atoms with Crippen LogP contribution in [-0.4, -0.2) is 49.2 Å². The average molecular weight is 198 g/mol. The second-order valence-corrected chi connectivity index (χ2v) is 4.10. The van der Waals surface area contributed by atoms with Gasteiger partial charge in [-0.3, -0.25) is 4.79 Å². The zero-order valence-electron chi connectivity index (χ0n) is 8.71. The van der Waals surface area contributed by atoms with Gasteiger partial charge in [0.25, 0.3) is 0 Å². The molecule has 1 amide bonds. The summed E-state index contributed by atoms with van der Waals surface area (Å²) < 4.78 is 5.44. The molecular weight excluding hydrogens is 180 g/mol. The highest BCUT2D eigenvalue weighted by molar-refractivity contribution is 5.80. The third-order valence-corrected chi connectivity index (χ3v) is 3.40. The summed E-state index contributed by atoms with van der Waals surface area (Å²) in [6.45, 7) is 5.88. The average Bonchev–Trinajstić information content (AvgIpc) is 2.68. The quantitative estimate of drug-likeness (QED) is 0.678. The lowest BCUT2D eigenvalue weighted by molar-refractivity contribution is -0.139. The number of amides is 1. The maximum atomic E-state index is 11.8. The van der Waals surface area contributed by atoms with E-state index in [2.05, 4.69) is 12.2 Å². The standard InChI is InChI=1S/C10H18N2O2/c1-2-10(3-6-14-8-10)12-5-4-11-7-9(12)13/h11H,2-8H2,1H3. The lowest BCUT2D eigenvalue weighted by atomic mass is 9.92. The van der Waals surface area contributed by atoms with E-state index in [4.69, 9.17) is 4.74 Å². The lowest BCUT2D eigenvalue weighted by Crippen LogP contribution is -2.59. The fraction of sp³-hybridized carbons (Fsp3) is 0.900. The van der Waals surface area contributed by atoms with E-state index < -0.39 is 0 Å². The van der Waals surface area contributed by atoms with Gasteiger partial charge in [0, 0.05) is 19.7 Å². The molecule has 4 nitrogen and oxygen atoms in total. The van der Waals surface area contributed by atoms with E-state index in [0.29, 0.717) is 6.54 Å². The van der Waals surface area contributed by atoms with E-state index in [1.54, 1.807) is 0 Å². The summed E-state index contributed by atoms with van der Waals surface area (Å²) in [4.78, 5) is 13.8. The van der Waals surface area contributed by atoms with Crippen molar-refractivity contribution in [3.05, 3.63) is 0 Å². The van der Waals surface area contributed by atoms with Gasteiger partial charge in [-0.1, -0.05) is 6.92 Å². The molecule has 14 heavy (non-hydrogen) atoms. The van der Waals surface area contributed by atoms with Gasteiger partial charge in [-0.05, 0) is 12.8 Å². The van der Waals surface area contributed by atoms with Gasteiger partial charge in [-0.15, -0.1) is 0 Å². The molecule has 2 fully saturated rings. The first-order chi connectivity index (χ1) is 6.78. The molecule has 0 aromatic rings. The number of ether oxygens (including phenoxy) is 1. The van der Waals surface area contributed by atoms with Crippen LogP contribution in [0.15, 0.2) is 0 Å². The molecule has 0 aromatic carbocycles. The van der Waals surface area contributed by atoms with Crippen molar-refractivity contribution in [1.29, 1.82) is 0 Å². The van der Waals surface area contributed by atoms with Crippen LogP contribution in [0.1, 0.15) is 19.8 Å². The maximum Gasteiger partial charge on any atom is 0.237 e. The van der Waals surface area contributed by atoms with Gasteiger partial charge in [0.2, 0.25) is 5.91 Å². The maximum absolute atomic E-state index is 11.8. The number of nitrogens with one attached hydrogen (secondary N) is 1. The molecule has 0 saturated carbocycles. The lowest BCUT2D eigenvalue weighted by Gasteiger charge is -2.42. The Hall–Kier alpha value is -0.610. The molecule has 0 bridgehead atoms. The fourth-order valence-corrected chi connectivity index (χ4v) is 2.39. The van der Waals surface area contributed by atoms with Crippen LogP contribution in [0.4, 0.5) is 0 Å². The second-order valence-electron chi connectivity index (χ2n) is 4.10. The Morgan fingerprint density at radius 3 is 3.07 bits per heavy atom. The van der Waals surface area contributed by atoms with E-state index in [-0.39, 0.29) is 11.4 Å². The van der Waals surface area contributed by atoms with E-state index >= 15 is 0 Å². The minimum Gasteiger partial charge on any atom is -0.379 e. The molecule has 2 aliphatic rings. The third-order valence-electron chi connectivity index (χ3n) is 3.40. The van der Waals surface area contributed by atoms with Crippen molar-refractivity contribution in [1.82, 2.24) is 10.2 Å². The predicted molar refractivity (Wildman–Crippen MR) is 53.0 cm³/mol. The van der Waals surface area contributed by atoms with E-state index in [9.17, 15) is 4.79 Å². The Bertz CT molecular complexity index is 224. The van der Waals surface area contributed by atoms with Crippen LogP contribution in [0.5, 0.6) is 0 Å². The van der Waals surface area contributed by atoms with Crippen LogP contribution in [0.25, 0.3) is 0 Å². The molecule has 1 atom stereocenters. The second kappa shape index (κ2) is 3.87. The topological polar surface area (TPSA) is 41.6 Å². The molecule has 1 N–H and O–H groups in total. The summed E-state index contributed by atoms with van der Waals surface area (Å²) >= 11 is 0. The fourth-order valence-electron chi connectivity index (χ4n) is 2.39. The van der Waals surface area contributed by atoms with Crippen molar-refractivity contribution < 1.29 is 9.53 Å². The first kappa shape index (κ1) is 9.93. The molecular formula is C10H18N2O2. The number of nitrogens with zero attached hydrogens (tertiary/aromatic N) is 1. The molecule has 0 aromatic heterocycles. The summed E-state index contributed by atoms with van der Waals surface area (Å²) in [5.41, 5.74) is -0.000810. The van der Waals surface area contributed by atoms with Crippen molar-refractivity contribution in [2.24, 2.45) is 0 Å². The van der Waals surface area contributed by atoms with Gasteiger partial charge in [-0.2, -0.15) is 0 Å². The Kier molecular flexibility index (Phi) is 2.74. The number of carbonyl (C=O) groups is 1. The first-order valence-electron chi connectivity index (χ1n) is 5.37. The molecule has 2 saturated heterocycles. The molecule has 0 radical (unpaired) electrons. The highest BCUT2D eigenvalue weighted by Gasteiger charge is 2.42. The molecule has 4 heteroatoms. The highest BCUT2D eigenvalue weighted by Crippen LogP contribution is 2.30. The number of hydrogen-bond donors (Lipinski definition) is 1. The van der Waals surface area contributed by atoms with E-state index in [1.165, 1.54) is 0 Å².